The zero-order valence-corrected chi connectivity index (χ0v) is 11.0. The van der Waals surface area contributed by atoms with Gasteiger partial charge in [0, 0.05) is 16.1 Å². The zero-order chi connectivity index (χ0) is 10.9. The van der Waals surface area contributed by atoms with Gasteiger partial charge in [0.25, 0.3) is 0 Å². The minimum absolute atomic E-state index is 0.264. The topological polar surface area (TPSA) is 12.0 Å². The smallest absolute Gasteiger partial charge is 0.0205 e. The van der Waals surface area contributed by atoms with Crippen LogP contribution in [0.25, 0.3) is 6.08 Å². The van der Waals surface area contributed by atoms with Crippen molar-refractivity contribution in [2.45, 2.75) is 25.6 Å². The summed E-state index contributed by atoms with van der Waals surface area (Å²) in [5, 5.41) is 3.47. The molecular formula is C13H21NSi. The Hall–Kier alpha value is -0.863. The van der Waals surface area contributed by atoms with Crippen molar-refractivity contribution in [3.8, 4) is 0 Å². The van der Waals surface area contributed by atoms with Gasteiger partial charge >= 0.3 is 0 Å². The molecular weight excluding hydrogens is 198 g/mol. The predicted molar refractivity (Wildman–Crippen MR) is 72.1 cm³/mol. The predicted octanol–water partition coefficient (Wildman–Crippen LogP) is 2.44. The molecule has 0 amide bonds. The molecule has 1 rings (SSSR count). The summed E-state index contributed by atoms with van der Waals surface area (Å²) in [6.45, 7) is 8.26. The average Bonchev–Trinajstić information content (AvgIpc) is 2.30. The van der Waals surface area contributed by atoms with Gasteiger partial charge in [-0.05, 0) is 24.1 Å². The summed E-state index contributed by atoms with van der Waals surface area (Å²) in [5.41, 5.74) is 2.55. The second-order valence-electron chi connectivity index (χ2n) is 3.83. The van der Waals surface area contributed by atoms with E-state index in [2.05, 4.69) is 42.7 Å². The van der Waals surface area contributed by atoms with E-state index in [1.165, 1.54) is 23.6 Å². The van der Waals surface area contributed by atoms with Crippen LogP contribution in [-0.2, 0) is 6.54 Å². The first-order valence-corrected chi connectivity index (χ1v) is 8.20. The average molecular weight is 219 g/mol. The van der Waals surface area contributed by atoms with Crippen LogP contribution >= 0.6 is 0 Å². The lowest BCUT2D eigenvalue weighted by Gasteiger charge is -2.04. The monoisotopic (exact) mass is 219 g/mol. The third-order valence-electron chi connectivity index (χ3n) is 2.50. The summed E-state index contributed by atoms with van der Waals surface area (Å²) < 4.78 is 0. The number of rotatable bonds is 7. The Morgan fingerprint density at radius 2 is 2.07 bits per heavy atom. The number of benzene rings is 1. The molecule has 1 aromatic rings. The largest absolute Gasteiger partial charge is 0.313 e. The molecule has 0 fully saturated rings. The molecule has 0 aliphatic carbocycles. The van der Waals surface area contributed by atoms with Crippen LogP contribution in [-0.4, -0.2) is 16.1 Å². The fraction of sp³-hybridized carbons (Fsp3) is 0.385. The van der Waals surface area contributed by atoms with Crippen molar-refractivity contribution in [1.29, 1.82) is 0 Å². The molecule has 82 valence electrons. The molecule has 2 heteroatoms. The first-order valence-electron chi connectivity index (χ1n) is 5.79. The van der Waals surface area contributed by atoms with Crippen molar-refractivity contribution >= 4 is 15.6 Å². The molecule has 0 heterocycles. The molecule has 0 aliphatic rings. The van der Waals surface area contributed by atoms with Crippen LogP contribution in [0.2, 0.25) is 12.6 Å². The molecule has 15 heavy (non-hydrogen) atoms. The maximum absolute atomic E-state index is 3.74. The maximum Gasteiger partial charge on any atom is 0.0205 e. The number of hydrogen-bond donors (Lipinski definition) is 1. The standard InChI is InChI=1S/C13H21NSi/c1-3-12-5-7-13(8-6-12)11-14-9-4-10-15-2/h3,5-8,14H,1,4,9-11,15H2,2H3. The van der Waals surface area contributed by atoms with Crippen LogP contribution in [0.5, 0.6) is 0 Å². The highest BCUT2D eigenvalue weighted by Crippen LogP contribution is 2.04. The number of nitrogens with one attached hydrogen (secondary N) is 1. The number of hydrogen-bond acceptors (Lipinski definition) is 1. The van der Waals surface area contributed by atoms with Crippen molar-refractivity contribution in [2.75, 3.05) is 6.54 Å². The van der Waals surface area contributed by atoms with Gasteiger partial charge in [0.15, 0.2) is 0 Å². The highest BCUT2D eigenvalue weighted by molar-refractivity contribution is 6.33. The summed E-state index contributed by atoms with van der Waals surface area (Å²) in [6.07, 6.45) is 3.22. The third kappa shape index (κ3) is 4.95. The Balaban J connectivity index is 2.22. The third-order valence-corrected chi connectivity index (χ3v) is 3.71. The minimum atomic E-state index is 0.264. The Morgan fingerprint density at radius 3 is 2.67 bits per heavy atom. The van der Waals surface area contributed by atoms with Gasteiger partial charge in [0.1, 0.15) is 0 Å². The fourth-order valence-electron chi connectivity index (χ4n) is 1.50. The van der Waals surface area contributed by atoms with E-state index in [0.717, 1.165) is 13.1 Å². The highest BCUT2D eigenvalue weighted by Gasteiger charge is 1.92. The molecule has 0 aliphatic heterocycles. The molecule has 1 aromatic carbocycles. The lowest BCUT2D eigenvalue weighted by Crippen LogP contribution is -2.14. The van der Waals surface area contributed by atoms with Crippen LogP contribution in [0.1, 0.15) is 17.5 Å². The second kappa shape index (κ2) is 7.43. The summed E-state index contributed by atoms with van der Waals surface area (Å²) in [4.78, 5) is 0. The van der Waals surface area contributed by atoms with E-state index in [4.69, 9.17) is 0 Å². The summed E-state index contributed by atoms with van der Waals surface area (Å²) >= 11 is 0. The van der Waals surface area contributed by atoms with Crippen LogP contribution in [0.3, 0.4) is 0 Å². The molecule has 1 N–H and O–H groups in total. The molecule has 0 spiro atoms. The Bertz CT molecular complexity index is 279. The van der Waals surface area contributed by atoms with E-state index in [0.29, 0.717) is 0 Å². The lowest BCUT2D eigenvalue weighted by molar-refractivity contribution is 0.674. The molecule has 0 unspecified atom stereocenters. The van der Waals surface area contributed by atoms with Crippen LogP contribution in [0, 0.1) is 0 Å². The Morgan fingerprint density at radius 1 is 1.33 bits per heavy atom. The van der Waals surface area contributed by atoms with Crippen molar-refractivity contribution in [2.24, 2.45) is 0 Å². The van der Waals surface area contributed by atoms with E-state index in [-0.39, 0.29) is 9.52 Å². The highest BCUT2D eigenvalue weighted by atomic mass is 28.2. The van der Waals surface area contributed by atoms with Crippen molar-refractivity contribution < 1.29 is 0 Å². The van der Waals surface area contributed by atoms with Crippen molar-refractivity contribution in [3.05, 3.63) is 42.0 Å². The molecule has 0 saturated heterocycles. The SMILES string of the molecule is C=Cc1ccc(CNCCC[SiH2]C)cc1. The van der Waals surface area contributed by atoms with Gasteiger partial charge < -0.3 is 5.32 Å². The van der Waals surface area contributed by atoms with Gasteiger partial charge in [-0.2, -0.15) is 0 Å². The normalized spacial score (nSPS) is 11.0. The van der Waals surface area contributed by atoms with Crippen LogP contribution < -0.4 is 5.32 Å². The molecule has 0 bridgehead atoms. The zero-order valence-electron chi connectivity index (χ0n) is 9.63. The van der Waals surface area contributed by atoms with E-state index in [9.17, 15) is 0 Å². The van der Waals surface area contributed by atoms with E-state index in [1.807, 2.05) is 6.08 Å². The van der Waals surface area contributed by atoms with Crippen LogP contribution in [0.15, 0.2) is 30.8 Å². The van der Waals surface area contributed by atoms with E-state index < -0.39 is 0 Å². The van der Waals surface area contributed by atoms with Gasteiger partial charge in [-0.1, -0.05) is 49.5 Å². The second-order valence-corrected chi connectivity index (χ2v) is 5.54. The summed E-state index contributed by atoms with van der Waals surface area (Å²) in [6, 6.07) is 10.0. The molecule has 0 aromatic heterocycles. The van der Waals surface area contributed by atoms with Crippen molar-refractivity contribution in [3.63, 3.8) is 0 Å². The van der Waals surface area contributed by atoms with Gasteiger partial charge in [-0.15, -0.1) is 0 Å². The van der Waals surface area contributed by atoms with Gasteiger partial charge in [-0.25, -0.2) is 0 Å². The summed E-state index contributed by atoms with van der Waals surface area (Å²) in [5.74, 6) is 0. The lowest BCUT2D eigenvalue weighted by atomic mass is 10.1. The van der Waals surface area contributed by atoms with Crippen molar-refractivity contribution in [1.82, 2.24) is 5.32 Å². The van der Waals surface area contributed by atoms with Gasteiger partial charge in [-0.3, -0.25) is 0 Å². The maximum atomic E-state index is 3.74. The molecule has 0 atom stereocenters. The van der Waals surface area contributed by atoms with Gasteiger partial charge in [0.2, 0.25) is 0 Å². The first kappa shape index (κ1) is 12.2. The minimum Gasteiger partial charge on any atom is -0.313 e. The molecule has 0 radical (unpaired) electrons. The van der Waals surface area contributed by atoms with E-state index in [1.54, 1.807) is 0 Å². The van der Waals surface area contributed by atoms with E-state index >= 15 is 0 Å². The Kier molecular flexibility index (Phi) is 6.05. The quantitative estimate of drug-likeness (QED) is 0.549. The van der Waals surface area contributed by atoms with Gasteiger partial charge in [0.05, 0.1) is 0 Å². The Labute approximate surface area is 95.4 Å². The van der Waals surface area contributed by atoms with Crippen LogP contribution in [0.4, 0.5) is 0 Å². The molecule has 0 saturated carbocycles. The fourth-order valence-corrected chi connectivity index (χ4v) is 2.25. The summed E-state index contributed by atoms with van der Waals surface area (Å²) in [7, 11) is 0.264. The first-order chi connectivity index (χ1) is 7.36. The molecule has 1 nitrogen and oxygen atoms in total.